The number of sulfonamides is 1. The van der Waals surface area contributed by atoms with E-state index in [0.717, 1.165) is 9.87 Å². The molecule has 1 atom stereocenters. The van der Waals surface area contributed by atoms with Crippen LogP contribution in [-0.2, 0) is 14.8 Å². The van der Waals surface area contributed by atoms with Gasteiger partial charge in [0.05, 0.1) is 0 Å². The lowest BCUT2D eigenvalue weighted by Gasteiger charge is -2.23. The molecule has 1 rings (SSSR count). The molecule has 1 aromatic carbocycles. The highest BCUT2D eigenvalue weighted by Crippen LogP contribution is 2.21. The molecule has 0 aliphatic rings. The Labute approximate surface area is 101 Å². The minimum absolute atomic E-state index is 0.388. The van der Waals surface area contributed by atoms with Crippen LogP contribution < -0.4 is 0 Å². The second kappa shape index (κ2) is 5.29. The van der Waals surface area contributed by atoms with Gasteiger partial charge in [-0.3, -0.25) is 4.79 Å². The third kappa shape index (κ3) is 3.54. The number of hydrogen-bond donors (Lipinski definition) is 1. The molecular weight excluding hydrogens is 242 g/mol. The van der Waals surface area contributed by atoms with Crippen LogP contribution in [0.2, 0.25) is 0 Å². The van der Waals surface area contributed by atoms with Crippen LogP contribution in [0.1, 0.15) is 18.5 Å². The largest absolute Gasteiger partial charge is 0.480 e. The monoisotopic (exact) mass is 257 g/mol. The van der Waals surface area contributed by atoms with Crippen molar-refractivity contribution in [3.63, 3.8) is 0 Å². The summed E-state index contributed by atoms with van der Waals surface area (Å²) < 4.78 is 24.5. The molecule has 0 bridgehead atoms. The van der Waals surface area contributed by atoms with Crippen molar-refractivity contribution in [1.82, 2.24) is 4.31 Å². The number of aliphatic carboxylic acids is 1. The average molecular weight is 257 g/mol. The van der Waals surface area contributed by atoms with Gasteiger partial charge in [-0.2, -0.15) is 4.31 Å². The zero-order chi connectivity index (χ0) is 13.1. The molecule has 0 aliphatic carbocycles. The van der Waals surface area contributed by atoms with Gasteiger partial charge in [-0.25, -0.2) is 8.42 Å². The summed E-state index contributed by atoms with van der Waals surface area (Å²) in [6.45, 7) is 1.72. The topological polar surface area (TPSA) is 74.7 Å². The zero-order valence-electron chi connectivity index (χ0n) is 9.70. The first-order chi connectivity index (χ1) is 7.84. The first-order valence-corrected chi connectivity index (χ1v) is 6.68. The van der Waals surface area contributed by atoms with Gasteiger partial charge in [0, 0.05) is 13.1 Å². The Morgan fingerprint density at radius 2 is 1.88 bits per heavy atom. The normalized spacial score (nSPS) is 13.6. The summed E-state index contributed by atoms with van der Waals surface area (Å²) >= 11 is 0. The molecule has 0 radical (unpaired) electrons. The lowest BCUT2D eigenvalue weighted by Crippen LogP contribution is -2.34. The fourth-order valence-electron chi connectivity index (χ4n) is 1.44. The third-order valence-corrected chi connectivity index (χ3v) is 4.38. The number of rotatable bonds is 5. The first-order valence-electron chi connectivity index (χ1n) is 5.07. The summed E-state index contributed by atoms with van der Waals surface area (Å²) in [7, 11) is -2.39. The van der Waals surface area contributed by atoms with Crippen molar-refractivity contribution in [3.05, 3.63) is 35.9 Å². The number of carboxylic acid groups (broad SMARTS) is 1. The van der Waals surface area contributed by atoms with E-state index in [2.05, 4.69) is 0 Å². The molecule has 1 aromatic rings. The predicted octanol–water partition coefficient (Wildman–Crippen LogP) is 1.09. The number of benzene rings is 1. The fraction of sp³-hybridized carbons (Fsp3) is 0.364. The van der Waals surface area contributed by atoms with Crippen molar-refractivity contribution in [2.75, 3.05) is 12.8 Å². The van der Waals surface area contributed by atoms with Crippen molar-refractivity contribution < 1.29 is 18.3 Å². The SMILES string of the molecule is CC(c1ccccc1)N(C)S(=O)(=O)CC(=O)O. The summed E-state index contributed by atoms with van der Waals surface area (Å²) in [5, 5.41) is 8.54. The standard InChI is InChI=1S/C11H15NO4S/c1-9(10-6-4-3-5-7-10)12(2)17(15,16)8-11(13)14/h3-7,9H,8H2,1-2H3,(H,13,14). The number of carboxylic acids is 1. The number of carbonyl (C=O) groups is 1. The minimum atomic E-state index is -3.77. The van der Waals surface area contributed by atoms with Crippen molar-refractivity contribution in [2.24, 2.45) is 0 Å². The number of nitrogens with zero attached hydrogens (tertiary/aromatic N) is 1. The molecule has 0 aliphatic heterocycles. The van der Waals surface area contributed by atoms with Gasteiger partial charge in [0.1, 0.15) is 0 Å². The molecule has 0 aromatic heterocycles. The molecule has 1 unspecified atom stereocenters. The zero-order valence-corrected chi connectivity index (χ0v) is 10.5. The Balaban J connectivity index is 2.91. The highest BCUT2D eigenvalue weighted by Gasteiger charge is 2.26. The molecule has 6 heteroatoms. The van der Waals surface area contributed by atoms with Crippen molar-refractivity contribution in [2.45, 2.75) is 13.0 Å². The molecule has 0 amide bonds. The number of hydrogen-bond acceptors (Lipinski definition) is 3. The van der Waals surface area contributed by atoms with E-state index < -0.39 is 21.7 Å². The van der Waals surface area contributed by atoms with Gasteiger partial charge in [-0.05, 0) is 12.5 Å². The van der Waals surface area contributed by atoms with Gasteiger partial charge in [-0.15, -0.1) is 0 Å². The summed E-state index contributed by atoms with van der Waals surface area (Å²) in [6, 6.07) is 8.67. The molecule has 1 N–H and O–H groups in total. The van der Waals surface area contributed by atoms with Gasteiger partial charge in [0.15, 0.2) is 5.75 Å². The Morgan fingerprint density at radius 1 is 1.35 bits per heavy atom. The summed E-state index contributed by atoms with van der Waals surface area (Å²) in [5.41, 5.74) is 0.823. The van der Waals surface area contributed by atoms with Gasteiger partial charge in [-0.1, -0.05) is 30.3 Å². The van der Waals surface area contributed by atoms with Crippen LogP contribution in [0, 0.1) is 0 Å². The van der Waals surface area contributed by atoms with E-state index >= 15 is 0 Å². The molecule has 0 saturated carbocycles. The van der Waals surface area contributed by atoms with Gasteiger partial charge < -0.3 is 5.11 Å². The second-order valence-electron chi connectivity index (χ2n) is 3.75. The molecule has 0 heterocycles. The summed E-state index contributed by atoms with van der Waals surface area (Å²) in [4.78, 5) is 10.5. The molecule has 0 saturated heterocycles. The molecule has 94 valence electrons. The maximum Gasteiger partial charge on any atom is 0.320 e. The second-order valence-corrected chi connectivity index (χ2v) is 5.78. The molecular formula is C11H15NO4S. The quantitative estimate of drug-likeness (QED) is 0.857. The van der Waals surface area contributed by atoms with E-state index in [1.807, 2.05) is 18.2 Å². The van der Waals surface area contributed by atoms with Crippen LogP contribution in [0.25, 0.3) is 0 Å². The van der Waals surface area contributed by atoms with Gasteiger partial charge in [0.2, 0.25) is 10.0 Å². The van der Waals surface area contributed by atoms with Crippen molar-refractivity contribution >= 4 is 16.0 Å². The van der Waals surface area contributed by atoms with E-state index in [1.165, 1.54) is 7.05 Å². The van der Waals surface area contributed by atoms with Gasteiger partial charge in [0.25, 0.3) is 0 Å². The van der Waals surface area contributed by atoms with Crippen LogP contribution in [-0.4, -0.2) is 36.6 Å². The molecule has 0 fully saturated rings. The van der Waals surface area contributed by atoms with E-state index in [1.54, 1.807) is 19.1 Å². The average Bonchev–Trinajstić information content (AvgIpc) is 2.26. The highest BCUT2D eigenvalue weighted by molar-refractivity contribution is 7.89. The Hall–Kier alpha value is -1.40. The van der Waals surface area contributed by atoms with Crippen LogP contribution in [0.4, 0.5) is 0 Å². The maximum absolute atomic E-state index is 11.7. The van der Waals surface area contributed by atoms with E-state index in [-0.39, 0.29) is 6.04 Å². The maximum atomic E-state index is 11.7. The van der Waals surface area contributed by atoms with E-state index in [9.17, 15) is 13.2 Å². The lowest BCUT2D eigenvalue weighted by atomic mass is 10.1. The fourth-order valence-corrected chi connectivity index (χ4v) is 2.56. The minimum Gasteiger partial charge on any atom is -0.480 e. The third-order valence-electron chi connectivity index (χ3n) is 2.57. The lowest BCUT2D eigenvalue weighted by molar-refractivity contribution is -0.134. The molecule has 5 nitrogen and oxygen atoms in total. The van der Waals surface area contributed by atoms with E-state index in [4.69, 9.17) is 5.11 Å². The van der Waals surface area contributed by atoms with Crippen LogP contribution >= 0.6 is 0 Å². The van der Waals surface area contributed by atoms with Crippen LogP contribution in [0.15, 0.2) is 30.3 Å². The predicted molar refractivity (Wildman–Crippen MR) is 64.0 cm³/mol. The van der Waals surface area contributed by atoms with Crippen molar-refractivity contribution in [1.29, 1.82) is 0 Å². The molecule has 0 spiro atoms. The van der Waals surface area contributed by atoms with Crippen molar-refractivity contribution in [3.8, 4) is 0 Å². The summed E-state index contributed by atoms with van der Waals surface area (Å²) in [6.07, 6.45) is 0. The Kier molecular flexibility index (Phi) is 4.25. The van der Waals surface area contributed by atoms with Crippen LogP contribution in [0.3, 0.4) is 0 Å². The smallest absolute Gasteiger partial charge is 0.320 e. The van der Waals surface area contributed by atoms with Gasteiger partial charge >= 0.3 is 5.97 Å². The summed E-state index contributed by atoms with van der Waals surface area (Å²) in [5.74, 6) is -2.24. The van der Waals surface area contributed by atoms with Crippen LogP contribution in [0.5, 0.6) is 0 Å². The Morgan fingerprint density at radius 3 is 2.35 bits per heavy atom. The first kappa shape index (κ1) is 13.7. The highest BCUT2D eigenvalue weighted by atomic mass is 32.2. The Bertz CT molecular complexity index is 483. The van der Waals surface area contributed by atoms with E-state index in [0.29, 0.717) is 0 Å². The molecule has 17 heavy (non-hydrogen) atoms.